The quantitative estimate of drug-likeness (QED) is 0.747. The van der Waals surface area contributed by atoms with Crippen LogP contribution in [-0.4, -0.2) is 21.5 Å². The molecule has 0 saturated heterocycles. The molecule has 0 saturated carbocycles. The Bertz CT molecular complexity index is 486. The van der Waals surface area contributed by atoms with Crippen molar-refractivity contribution in [1.29, 1.82) is 0 Å². The van der Waals surface area contributed by atoms with Gasteiger partial charge in [-0.05, 0) is 24.1 Å². The van der Waals surface area contributed by atoms with Crippen molar-refractivity contribution in [1.82, 2.24) is 15.0 Å². The molecule has 100 valence electrons. The molecule has 5 nitrogen and oxygen atoms in total. The molecule has 0 atom stereocenters. The Morgan fingerprint density at radius 3 is 2.89 bits per heavy atom. The fraction of sp³-hybridized carbons (Fsp3) is 0.357. The highest BCUT2D eigenvalue weighted by Crippen LogP contribution is 2.07. The van der Waals surface area contributed by atoms with E-state index < -0.39 is 0 Å². The molecule has 0 radical (unpaired) electrons. The summed E-state index contributed by atoms with van der Waals surface area (Å²) in [6.45, 7) is 3.78. The van der Waals surface area contributed by atoms with E-state index in [1.807, 2.05) is 24.4 Å². The standard InChI is InChI=1S/C14H19N5/c1-2-3-8-16-13-6-9-17-14(19-13)18-11-12-5-4-7-15-10-12/h4-7,9-10H,2-3,8,11H2,1H3,(H2,16,17,18,19). The molecule has 0 unspecified atom stereocenters. The molecule has 2 aromatic rings. The van der Waals surface area contributed by atoms with Gasteiger partial charge in [-0.25, -0.2) is 4.98 Å². The molecule has 0 aliphatic carbocycles. The molecule has 2 aromatic heterocycles. The van der Waals surface area contributed by atoms with Gasteiger partial charge in [-0.3, -0.25) is 4.98 Å². The molecule has 0 aliphatic rings. The van der Waals surface area contributed by atoms with Crippen LogP contribution in [0, 0.1) is 0 Å². The van der Waals surface area contributed by atoms with Crippen LogP contribution < -0.4 is 10.6 Å². The van der Waals surface area contributed by atoms with Gasteiger partial charge in [0.25, 0.3) is 0 Å². The summed E-state index contributed by atoms with van der Waals surface area (Å²) in [7, 11) is 0. The van der Waals surface area contributed by atoms with Crippen LogP contribution in [0.25, 0.3) is 0 Å². The van der Waals surface area contributed by atoms with Crippen LogP contribution in [-0.2, 0) is 6.54 Å². The lowest BCUT2D eigenvalue weighted by Crippen LogP contribution is -2.07. The van der Waals surface area contributed by atoms with E-state index in [0.717, 1.165) is 24.3 Å². The number of rotatable bonds is 7. The third kappa shape index (κ3) is 4.54. The highest BCUT2D eigenvalue weighted by Gasteiger charge is 1.99. The molecule has 0 amide bonds. The minimum absolute atomic E-state index is 0.630. The molecular weight excluding hydrogens is 238 g/mol. The smallest absolute Gasteiger partial charge is 0.224 e. The lowest BCUT2D eigenvalue weighted by molar-refractivity contribution is 0.830. The molecule has 5 heteroatoms. The molecule has 0 aromatic carbocycles. The number of hydrogen-bond acceptors (Lipinski definition) is 5. The first-order valence-electron chi connectivity index (χ1n) is 6.58. The fourth-order valence-corrected chi connectivity index (χ4v) is 1.62. The Morgan fingerprint density at radius 2 is 2.11 bits per heavy atom. The van der Waals surface area contributed by atoms with Gasteiger partial charge in [-0.2, -0.15) is 4.98 Å². The van der Waals surface area contributed by atoms with E-state index in [0.29, 0.717) is 12.5 Å². The van der Waals surface area contributed by atoms with Gasteiger partial charge >= 0.3 is 0 Å². The van der Waals surface area contributed by atoms with Gasteiger partial charge in [0.15, 0.2) is 0 Å². The van der Waals surface area contributed by atoms with Gasteiger partial charge in [0.1, 0.15) is 5.82 Å². The average Bonchev–Trinajstić information content (AvgIpc) is 2.47. The second-order valence-corrected chi connectivity index (χ2v) is 4.26. The normalized spacial score (nSPS) is 10.2. The molecule has 2 heterocycles. The Kier molecular flexibility index (Phi) is 5.10. The first-order chi connectivity index (χ1) is 9.38. The van der Waals surface area contributed by atoms with Gasteiger partial charge in [-0.15, -0.1) is 0 Å². The maximum absolute atomic E-state index is 4.41. The third-order valence-corrected chi connectivity index (χ3v) is 2.67. The van der Waals surface area contributed by atoms with E-state index >= 15 is 0 Å². The molecule has 0 bridgehead atoms. The summed E-state index contributed by atoms with van der Waals surface area (Å²) in [6, 6.07) is 5.81. The molecule has 0 spiro atoms. The number of aromatic nitrogens is 3. The maximum atomic E-state index is 4.41. The monoisotopic (exact) mass is 257 g/mol. The van der Waals surface area contributed by atoms with Gasteiger partial charge < -0.3 is 10.6 Å². The minimum atomic E-state index is 0.630. The Morgan fingerprint density at radius 1 is 1.16 bits per heavy atom. The van der Waals surface area contributed by atoms with Gasteiger partial charge in [-0.1, -0.05) is 19.4 Å². The first-order valence-corrected chi connectivity index (χ1v) is 6.58. The maximum Gasteiger partial charge on any atom is 0.224 e. The van der Waals surface area contributed by atoms with Crippen LogP contribution in [0.4, 0.5) is 11.8 Å². The van der Waals surface area contributed by atoms with Crippen molar-refractivity contribution in [3.63, 3.8) is 0 Å². The lowest BCUT2D eigenvalue weighted by Gasteiger charge is -2.07. The molecule has 0 fully saturated rings. The molecule has 19 heavy (non-hydrogen) atoms. The number of pyridine rings is 1. The van der Waals surface area contributed by atoms with E-state index in [9.17, 15) is 0 Å². The molecule has 2 rings (SSSR count). The zero-order valence-electron chi connectivity index (χ0n) is 11.1. The van der Waals surface area contributed by atoms with Crippen LogP contribution in [0.15, 0.2) is 36.8 Å². The van der Waals surface area contributed by atoms with Crippen LogP contribution >= 0.6 is 0 Å². The van der Waals surface area contributed by atoms with Crippen LogP contribution in [0.1, 0.15) is 25.3 Å². The van der Waals surface area contributed by atoms with Crippen molar-refractivity contribution in [3.8, 4) is 0 Å². The minimum Gasteiger partial charge on any atom is -0.370 e. The zero-order valence-corrected chi connectivity index (χ0v) is 11.1. The van der Waals surface area contributed by atoms with Crippen molar-refractivity contribution in [2.24, 2.45) is 0 Å². The number of nitrogens with one attached hydrogen (secondary N) is 2. The summed E-state index contributed by atoms with van der Waals surface area (Å²) in [4.78, 5) is 12.7. The van der Waals surface area contributed by atoms with Gasteiger partial charge in [0.2, 0.25) is 5.95 Å². The summed E-state index contributed by atoms with van der Waals surface area (Å²) in [5, 5.41) is 6.47. The fourth-order valence-electron chi connectivity index (χ4n) is 1.62. The lowest BCUT2D eigenvalue weighted by atomic mass is 10.3. The van der Waals surface area contributed by atoms with Gasteiger partial charge in [0.05, 0.1) is 0 Å². The van der Waals surface area contributed by atoms with Crippen LogP contribution in [0.2, 0.25) is 0 Å². The summed E-state index contributed by atoms with van der Waals surface area (Å²) < 4.78 is 0. The summed E-state index contributed by atoms with van der Waals surface area (Å²) in [6.07, 6.45) is 7.66. The largest absolute Gasteiger partial charge is 0.370 e. The van der Waals surface area contributed by atoms with Crippen LogP contribution in [0.3, 0.4) is 0 Å². The van der Waals surface area contributed by atoms with Crippen molar-refractivity contribution in [2.45, 2.75) is 26.3 Å². The van der Waals surface area contributed by atoms with E-state index in [1.54, 1.807) is 12.4 Å². The molecule has 0 aliphatic heterocycles. The number of unbranched alkanes of at least 4 members (excludes halogenated alkanes) is 1. The average molecular weight is 257 g/mol. The van der Waals surface area contributed by atoms with E-state index in [-0.39, 0.29) is 0 Å². The summed E-state index contributed by atoms with van der Waals surface area (Å²) >= 11 is 0. The second-order valence-electron chi connectivity index (χ2n) is 4.26. The number of hydrogen-bond donors (Lipinski definition) is 2. The Hall–Kier alpha value is -2.17. The molecule has 2 N–H and O–H groups in total. The van der Waals surface area contributed by atoms with Crippen molar-refractivity contribution >= 4 is 11.8 Å². The molecular formula is C14H19N5. The van der Waals surface area contributed by atoms with Crippen LogP contribution in [0.5, 0.6) is 0 Å². The number of nitrogens with zero attached hydrogens (tertiary/aromatic N) is 3. The van der Waals surface area contributed by atoms with E-state index in [4.69, 9.17) is 0 Å². The predicted molar refractivity (Wildman–Crippen MR) is 77.0 cm³/mol. The summed E-state index contributed by atoms with van der Waals surface area (Å²) in [5.41, 5.74) is 1.11. The highest BCUT2D eigenvalue weighted by molar-refractivity contribution is 5.39. The SMILES string of the molecule is CCCCNc1ccnc(NCc2cccnc2)n1. The third-order valence-electron chi connectivity index (χ3n) is 2.67. The van der Waals surface area contributed by atoms with Gasteiger partial charge in [0, 0.05) is 31.7 Å². The predicted octanol–water partition coefficient (Wildman–Crippen LogP) is 2.70. The second kappa shape index (κ2) is 7.31. The van der Waals surface area contributed by atoms with E-state index in [1.165, 1.54) is 6.42 Å². The number of anilines is 2. The van der Waals surface area contributed by atoms with Crippen molar-refractivity contribution in [3.05, 3.63) is 42.4 Å². The first kappa shape index (κ1) is 13.3. The Labute approximate surface area is 113 Å². The summed E-state index contributed by atoms with van der Waals surface area (Å²) in [5.74, 6) is 1.49. The van der Waals surface area contributed by atoms with Crippen molar-refractivity contribution < 1.29 is 0 Å². The zero-order chi connectivity index (χ0) is 13.3. The van der Waals surface area contributed by atoms with E-state index in [2.05, 4.69) is 32.5 Å². The van der Waals surface area contributed by atoms with Crippen molar-refractivity contribution in [2.75, 3.05) is 17.2 Å². The topological polar surface area (TPSA) is 62.7 Å². The Balaban J connectivity index is 1.88. The highest BCUT2D eigenvalue weighted by atomic mass is 15.1.